The van der Waals surface area contributed by atoms with E-state index in [0.29, 0.717) is 19.4 Å². The molecule has 0 aliphatic heterocycles. The number of nitrogens with one attached hydrogen (secondary N) is 2. The quantitative estimate of drug-likeness (QED) is 0.619. The maximum Gasteiger partial charge on any atom is 0.307 e. The summed E-state index contributed by atoms with van der Waals surface area (Å²) in [6.45, 7) is 2.21. The van der Waals surface area contributed by atoms with Gasteiger partial charge in [0.2, 0.25) is 11.8 Å². The van der Waals surface area contributed by atoms with Crippen LogP contribution in [0.15, 0.2) is 0 Å². The van der Waals surface area contributed by atoms with E-state index in [9.17, 15) is 14.4 Å². The van der Waals surface area contributed by atoms with Crippen molar-refractivity contribution in [1.82, 2.24) is 10.6 Å². The minimum atomic E-state index is -0.930. The number of carbonyl (C=O) groups is 3. The second-order valence-corrected chi connectivity index (χ2v) is 4.15. The van der Waals surface area contributed by atoms with E-state index >= 15 is 0 Å². The Labute approximate surface area is 99.8 Å². The molecular weight excluding hydrogens is 224 g/mol. The Kier molecular flexibility index (Phi) is 4.93. The van der Waals surface area contributed by atoms with Gasteiger partial charge in [0.15, 0.2) is 0 Å². The number of amides is 2. The van der Waals surface area contributed by atoms with Gasteiger partial charge < -0.3 is 15.7 Å². The normalized spacial score (nSPS) is 23.1. The Morgan fingerprint density at radius 3 is 2.41 bits per heavy atom. The largest absolute Gasteiger partial charge is 0.481 e. The van der Waals surface area contributed by atoms with Gasteiger partial charge in [-0.15, -0.1) is 0 Å². The molecule has 0 heterocycles. The lowest BCUT2D eigenvalue weighted by molar-refractivity contribution is -0.146. The molecule has 0 bridgehead atoms. The number of carboxylic acid groups (broad SMARTS) is 1. The van der Waals surface area contributed by atoms with Crippen LogP contribution >= 0.6 is 0 Å². The molecule has 1 fully saturated rings. The summed E-state index contributed by atoms with van der Waals surface area (Å²) in [5.41, 5.74) is 0. The molecule has 6 nitrogen and oxygen atoms in total. The van der Waals surface area contributed by atoms with Crippen molar-refractivity contribution in [3.05, 3.63) is 0 Å². The highest BCUT2D eigenvalue weighted by molar-refractivity contribution is 5.88. The van der Waals surface area contributed by atoms with Crippen LogP contribution in [0.3, 0.4) is 0 Å². The van der Waals surface area contributed by atoms with E-state index in [2.05, 4.69) is 10.6 Å². The first-order valence-electron chi connectivity index (χ1n) is 5.83. The smallest absolute Gasteiger partial charge is 0.307 e. The molecule has 3 N–H and O–H groups in total. The van der Waals surface area contributed by atoms with E-state index in [1.807, 2.05) is 0 Å². The van der Waals surface area contributed by atoms with E-state index in [0.717, 1.165) is 6.42 Å². The van der Waals surface area contributed by atoms with Crippen LogP contribution < -0.4 is 10.6 Å². The monoisotopic (exact) mass is 242 g/mol. The van der Waals surface area contributed by atoms with Crippen molar-refractivity contribution in [3.8, 4) is 0 Å². The average Bonchev–Trinajstić information content (AvgIpc) is 2.75. The molecule has 0 spiro atoms. The number of hydrogen-bond acceptors (Lipinski definition) is 3. The van der Waals surface area contributed by atoms with Crippen molar-refractivity contribution in [3.63, 3.8) is 0 Å². The number of carbonyl (C=O) groups excluding carboxylic acids is 2. The van der Waals surface area contributed by atoms with Gasteiger partial charge in [0.25, 0.3) is 0 Å². The maximum absolute atomic E-state index is 11.7. The lowest BCUT2D eigenvalue weighted by Crippen LogP contribution is -2.41. The Morgan fingerprint density at radius 1 is 1.18 bits per heavy atom. The van der Waals surface area contributed by atoms with Gasteiger partial charge in [-0.25, -0.2) is 0 Å². The fourth-order valence-electron chi connectivity index (χ4n) is 2.13. The van der Waals surface area contributed by atoms with Gasteiger partial charge in [-0.2, -0.15) is 0 Å². The van der Waals surface area contributed by atoms with Crippen LogP contribution in [0.1, 0.15) is 26.2 Å². The van der Waals surface area contributed by atoms with Crippen molar-refractivity contribution in [1.29, 1.82) is 0 Å². The van der Waals surface area contributed by atoms with Gasteiger partial charge >= 0.3 is 5.97 Å². The summed E-state index contributed by atoms with van der Waals surface area (Å²) in [5.74, 6) is -2.63. The minimum Gasteiger partial charge on any atom is -0.481 e. The molecule has 1 saturated carbocycles. The van der Waals surface area contributed by atoms with Crippen LogP contribution in [0.4, 0.5) is 0 Å². The van der Waals surface area contributed by atoms with E-state index in [1.54, 1.807) is 6.92 Å². The predicted molar refractivity (Wildman–Crippen MR) is 60.2 cm³/mol. The van der Waals surface area contributed by atoms with E-state index in [4.69, 9.17) is 5.11 Å². The first-order valence-corrected chi connectivity index (χ1v) is 5.83. The molecular formula is C11H18N2O4. The summed E-state index contributed by atoms with van der Waals surface area (Å²) in [6.07, 6.45) is 1.86. The molecule has 0 aromatic heterocycles. The van der Waals surface area contributed by atoms with E-state index in [-0.39, 0.29) is 18.4 Å². The lowest BCUT2D eigenvalue weighted by Gasteiger charge is -2.15. The summed E-state index contributed by atoms with van der Waals surface area (Å²) < 4.78 is 0. The number of likely N-dealkylation sites (N-methyl/N-ethyl adjacent to an activating group) is 1. The Morgan fingerprint density at radius 2 is 1.82 bits per heavy atom. The van der Waals surface area contributed by atoms with Gasteiger partial charge in [0, 0.05) is 6.54 Å². The third kappa shape index (κ3) is 3.72. The number of rotatable bonds is 5. The minimum absolute atomic E-state index is 0.0878. The van der Waals surface area contributed by atoms with Crippen LogP contribution in [0.2, 0.25) is 0 Å². The fraction of sp³-hybridized carbons (Fsp3) is 0.727. The molecule has 1 aliphatic rings. The molecule has 96 valence electrons. The molecule has 1 aliphatic carbocycles. The topological polar surface area (TPSA) is 95.5 Å². The van der Waals surface area contributed by atoms with Crippen molar-refractivity contribution >= 4 is 17.8 Å². The average molecular weight is 242 g/mol. The summed E-state index contributed by atoms with van der Waals surface area (Å²) >= 11 is 0. The van der Waals surface area contributed by atoms with Gasteiger partial charge in [-0.1, -0.05) is 6.42 Å². The number of carboxylic acids is 1. The number of aliphatic carboxylic acids is 1. The molecule has 2 amide bonds. The van der Waals surface area contributed by atoms with Crippen LogP contribution in [-0.2, 0) is 14.4 Å². The highest BCUT2D eigenvalue weighted by Gasteiger charge is 2.37. The molecule has 0 radical (unpaired) electrons. The third-order valence-corrected chi connectivity index (χ3v) is 2.97. The first-order chi connectivity index (χ1) is 8.06. The summed E-state index contributed by atoms with van der Waals surface area (Å²) in [5, 5.41) is 14.0. The summed E-state index contributed by atoms with van der Waals surface area (Å²) in [6, 6.07) is 0. The molecule has 0 aromatic rings. The SMILES string of the molecule is CCNC(=O)CNC(=O)C1CCCC1C(=O)O. The third-order valence-electron chi connectivity index (χ3n) is 2.97. The Hall–Kier alpha value is -1.59. The van der Waals surface area contributed by atoms with Crippen LogP contribution in [0.5, 0.6) is 0 Å². The van der Waals surface area contributed by atoms with Gasteiger partial charge in [-0.05, 0) is 19.8 Å². The fourth-order valence-corrected chi connectivity index (χ4v) is 2.13. The summed E-state index contributed by atoms with van der Waals surface area (Å²) in [7, 11) is 0. The molecule has 2 atom stereocenters. The summed E-state index contributed by atoms with van der Waals surface area (Å²) in [4.78, 5) is 33.7. The zero-order chi connectivity index (χ0) is 12.8. The lowest BCUT2D eigenvalue weighted by atomic mass is 9.95. The highest BCUT2D eigenvalue weighted by Crippen LogP contribution is 2.31. The van der Waals surface area contributed by atoms with Gasteiger partial charge in [0.1, 0.15) is 0 Å². The molecule has 1 rings (SSSR count). The maximum atomic E-state index is 11.7. The second kappa shape index (κ2) is 6.22. The van der Waals surface area contributed by atoms with E-state index < -0.39 is 17.8 Å². The van der Waals surface area contributed by atoms with Crippen LogP contribution in [0, 0.1) is 11.8 Å². The molecule has 0 aromatic carbocycles. The van der Waals surface area contributed by atoms with E-state index in [1.165, 1.54) is 0 Å². The molecule has 2 unspecified atom stereocenters. The van der Waals surface area contributed by atoms with Crippen LogP contribution in [0.25, 0.3) is 0 Å². The molecule has 0 saturated heterocycles. The van der Waals surface area contributed by atoms with Gasteiger partial charge in [-0.3, -0.25) is 14.4 Å². The zero-order valence-corrected chi connectivity index (χ0v) is 9.86. The van der Waals surface area contributed by atoms with Crippen molar-refractivity contribution in [2.45, 2.75) is 26.2 Å². The molecule has 17 heavy (non-hydrogen) atoms. The Balaban J connectivity index is 2.42. The molecule has 6 heteroatoms. The first kappa shape index (κ1) is 13.5. The van der Waals surface area contributed by atoms with Crippen molar-refractivity contribution < 1.29 is 19.5 Å². The van der Waals surface area contributed by atoms with Crippen molar-refractivity contribution in [2.24, 2.45) is 11.8 Å². The Bertz CT molecular complexity index is 317. The predicted octanol–water partition coefficient (Wildman–Crippen LogP) is -0.260. The van der Waals surface area contributed by atoms with Crippen molar-refractivity contribution in [2.75, 3.05) is 13.1 Å². The number of hydrogen-bond donors (Lipinski definition) is 3. The zero-order valence-electron chi connectivity index (χ0n) is 9.86. The second-order valence-electron chi connectivity index (χ2n) is 4.15. The highest BCUT2D eigenvalue weighted by atomic mass is 16.4. The van der Waals surface area contributed by atoms with Gasteiger partial charge in [0.05, 0.1) is 18.4 Å². The van der Waals surface area contributed by atoms with Crippen LogP contribution in [-0.4, -0.2) is 36.0 Å². The standard InChI is InChI=1S/C11H18N2O4/c1-2-12-9(14)6-13-10(15)7-4-3-5-8(7)11(16)17/h7-8H,2-6H2,1H3,(H,12,14)(H,13,15)(H,16,17).